The fourth-order valence-corrected chi connectivity index (χ4v) is 2.93. The number of nitrogens with one attached hydrogen (secondary N) is 1. The van der Waals surface area contributed by atoms with Crippen molar-refractivity contribution in [3.8, 4) is 0 Å². The van der Waals surface area contributed by atoms with Gasteiger partial charge in [-0.15, -0.1) is 0 Å². The summed E-state index contributed by atoms with van der Waals surface area (Å²) in [4.78, 5) is 4.59. The lowest BCUT2D eigenvalue weighted by Gasteiger charge is -2.04. The molecule has 3 aromatic rings. The SMILES string of the molecule is Cc1ccc2sc(Nc3ccc(C)c(Cl)c3)nc2c1. The second kappa shape index (κ2) is 4.83. The minimum Gasteiger partial charge on any atom is -0.331 e. The Kier molecular flexibility index (Phi) is 3.17. The van der Waals surface area contributed by atoms with Crippen molar-refractivity contribution in [2.75, 3.05) is 5.32 Å². The van der Waals surface area contributed by atoms with Gasteiger partial charge in [-0.3, -0.25) is 0 Å². The summed E-state index contributed by atoms with van der Waals surface area (Å²) in [6.45, 7) is 4.07. The van der Waals surface area contributed by atoms with Crippen molar-refractivity contribution in [3.63, 3.8) is 0 Å². The van der Waals surface area contributed by atoms with E-state index in [9.17, 15) is 0 Å². The molecule has 96 valence electrons. The molecular weight excluding hydrogens is 276 g/mol. The Labute approximate surface area is 121 Å². The highest BCUT2D eigenvalue weighted by molar-refractivity contribution is 7.22. The van der Waals surface area contributed by atoms with Gasteiger partial charge in [0.05, 0.1) is 10.2 Å². The number of fused-ring (bicyclic) bond motifs is 1. The Morgan fingerprint density at radius 1 is 1.11 bits per heavy atom. The molecule has 0 aliphatic rings. The number of thiazole rings is 1. The summed E-state index contributed by atoms with van der Waals surface area (Å²) in [6.07, 6.45) is 0. The Bertz CT molecular complexity index is 749. The van der Waals surface area contributed by atoms with Gasteiger partial charge in [0.2, 0.25) is 0 Å². The number of hydrogen-bond donors (Lipinski definition) is 1. The number of aryl methyl sites for hydroxylation is 2. The second-order valence-electron chi connectivity index (χ2n) is 4.58. The van der Waals surface area contributed by atoms with Crippen LogP contribution in [0.1, 0.15) is 11.1 Å². The molecule has 0 unspecified atom stereocenters. The van der Waals surface area contributed by atoms with Crippen LogP contribution in [0.5, 0.6) is 0 Å². The summed E-state index contributed by atoms with van der Waals surface area (Å²) in [7, 11) is 0. The Morgan fingerprint density at radius 2 is 1.95 bits per heavy atom. The van der Waals surface area contributed by atoms with Crippen LogP contribution >= 0.6 is 22.9 Å². The summed E-state index contributed by atoms with van der Waals surface area (Å²) in [6, 6.07) is 12.2. The molecule has 1 heterocycles. The van der Waals surface area contributed by atoms with Crippen LogP contribution in [0.3, 0.4) is 0 Å². The molecule has 0 bridgehead atoms. The zero-order valence-electron chi connectivity index (χ0n) is 10.7. The zero-order chi connectivity index (χ0) is 13.4. The van der Waals surface area contributed by atoms with Gasteiger partial charge in [0.1, 0.15) is 0 Å². The number of anilines is 2. The van der Waals surface area contributed by atoms with Crippen LogP contribution in [0.15, 0.2) is 36.4 Å². The van der Waals surface area contributed by atoms with Crippen molar-refractivity contribution < 1.29 is 0 Å². The fraction of sp³-hybridized carbons (Fsp3) is 0.133. The molecular formula is C15H13ClN2S. The van der Waals surface area contributed by atoms with Crippen molar-refractivity contribution in [2.24, 2.45) is 0 Å². The second-order valence-corrected chi connectivity index (χ2v) is 6.02. The van der Waals surface area contributed by atoms with Crippen molar-refractivity contribution in [1.29, 1.82) is 0 Å². The first-order valence-electron chi connectivity index (χ1n) is 6.02. The lowest BCUT2D eigenvalue weighted by Crippen LogP contribution is -1.89. The van der Waals surface area contributed by atoms with Gasteiger partial charge in [-0.05, 0) is 49.2 Å². The van der Waals surface area contributed by atoms with E-state index in [0.717, 1.165) is 26.9 Å². The van der Waals surface area contributed by atoms with Crippen LogP contribution in [0, 0.1) is 13.8 Å². The van der Waals surface area contributed by atoms with E-state index in [1.165, 1.54) is 10.3 Å². The van der Waals surface area contributed by atoms with Crippen molar-refractivity contribution in [2.45, 2.75) is 13.8 Å². The quantitative estimate of drug-likeness (QED) is 0.691. The number of nitrogens with zero attached hydrogens (tertiary/aromatic N) is 1. The molecule has 0 radical (unpaired) electrons. The molecule has 0 fully saturated rings. The molecule has 0 spiro atoms. The number of hydrogen-bond acceptors (Lipinski definition) is 3. The van der Waals surface area contributed by atoms with Crippen LogP contribution in [-0.2, 0) is 0 Å². The van der Waals surface area contributed by atoms with E-state index in [4.69, 9.17) is 11.6 Å². The lowest BCUT2D eigenvalue weighted by molar-refractivity contribution is 1.41. The number of halogens is 1. The summed E-state index contributed by atoms with van der Waals surface area (Å²) < 4.78 is 1.19. The monoisotopic (exact) mass is 288 g/mol. The average Bonchev–Trinajstić information content (AvgIpc) is 2.75. The molecule has 2 aromatic carbocycles. The van der Waals surface area contributed by atoms with E-state index < -0.39 is 0 Å². The highest BCUT2D eigenvalue weighted by Crippen LogP contribution is 2.30. The lowest BCUT2D eigenvalue weighted by atomic mass is 10.2. The summed E-state index contributed by atoms with van der Waals surface area (Å²) in [5.74, 6) is 0. The van der Waals surface area contributed by atoms with E-state index in [2.05, 4.69) is 35.4 Å². The van der Waals surface area contributed by atoms with Gasteiger partial charge in [-0.1, -0.05) is 35.1 Å². The summed E-state index contributed by atoms with van der Waals surface area (Å²) >= 11 is 7.77. The predicted molar refractivity (Wildman–Crippen MR) is 83.8 cm³/mol. The first-order valence-corrected chi connectivity index (χ1v) is 7.21. The molecule has 0 aliphatic heterocycles. The van der Waals surface area contributed by atoms with E-state index in [1.807, 2.05) is 25.1 Å². The van der Waals surface area contributed by atoms with Gasteiger partial charge < -0.3 is 5.32 Å². The molecule has 0 aliphatic carbocycles. The Hall–Kier alpha value is -1.58. The minimum atomic E-state index is 0.766. The van der Waals surface area contributed by atoms with E-state index >= 15 is 0 Å². The van der Waals surface area contributed by atoms with E-state index in [-0.39, 0.29) is 0 Å². The number of rotatable bonds is 2. The van der Waals surface area contributed by atoms with Gasteiger partial charge in [-0.25, -0.2) is 4.98 Å². The first-order chi connectivity index (χ1) is 9.11. The first kappa shape index (κ1) is 12.5. The third-order valence-electron chi connectivity index (χ3n) is 2.97. The minimum absolute atomic E-state index is 0.766. The topological polar surface area (TPSA) is 24.9 Å². The molecule has 19 heavy (non-hydrogen) atoms. The number of aromatic nitrogens is 1. The Balaban J connectivity index is 1.94. The van der Waals surface area contributed by atoms with Crippen LogP contribution in [-0.4, -0.2) is 4.98 Å². The van der Waals surface area contributed by atoms with Crippen molar-refractivity contribution >= 4 is 44.0 Å². The summed E-state index contributed by atoms with van der Waals surface area (Å²) in [5.41, 5.74) is 4.30. The zero-order valence-corrected chi connectivity index (χ0v) is 12.3. The normalized spacial score (nSPS) is 10.9. The molecule has 1 N–H and O–H groups in total. The molecule has 0 amide bonds. The van der Waals surface area contributed by atoms with Crippen molar-refractivity contribution in [1.82, 2.24) is 4.98 Å². The molecule has 0 saturated heterocycles. The van der Waals surface area contributed by atoms with Crippen LogP contribution in [0.2, 0.25) is 5.02 Å². The summed E-state index contributed by atoms with van der Waals surface area (Å²) in [5, 5.41) is 4.96. The van der Waals surface area contributed by atoms with E-state index in [1.54, 1.807) is 11.3 Å². The van der Waals surface area contributed by atoms with Crippen LogP contribution in [0.25, 0.3) is 10.2 Å². The van der Waals surface area contributed by atoms with Gasteiger partial charge in [0.25, 0.3) is 0 Å². The third-order valence-corrected chi connectivity index (χ3v) is 4.33. The van der Waals surface area contributed by atoms with Gasteiger partial charge in [0, 0.05) is 10.7 Å². The highest BCUT2D eigenvalue weighted by Gasteiger charge is 2.05. The standard InChI is InChI=1S/C15H13ClN2S/c1-9-3-6-14-13(7-9)18-15(19-14)17-11-5-4-10(2)12(16)8-11/h3-8H,1-2H3,(H,17,18). The maximum atomic E-state index is 6.12. The van der Waals surface area contributed by atoms with Gasteiger partial charge in [0.15, 0.2) is 5.13 Å². The molecule has 1 aromatic heterocycles. The van der Waals surface area contributed by atoms with Crippen LogP contribution in [0.4, 0.5) is 10.8 Å². The average molecular weight is 289 g/mol. The maximum Gasteiger partial charge on any atom is 0.188 e. The highest BCUT2D eigenvalue weighted by atomic mass is 35.5. The maximum absolute atomic E-state index is 6.12. The Morgan fingerprint density at radius 3 is 2.74 bits per heavy atom. The van der Waals surface area contributed by atoms with E-state index in [0.29, 0.717) is 0 Å². The fourth-order valence-electron chi connectivity index (χ4n) is 1.89. The molecule has 4 heteroatoms. The molecule has 0 saturated carbocycles. The third kappa shape index (κ3) is 2.57. The smallest absolute Gasteiger partial charge is 0.188 e. The van der Waals surface area contributed by atoms with Crippen molar-refractivity contribution in [3.05, 3.63) is 52.5 Å². The molecule has 2 nitrogen and oxygen atoms in total. The largest absolute Gasteiger partial charge is 0.331 e. The molecule has 0 atom stereocenters. The van der Waals surface area contributed by atoms with Crippen LogP contribution < -0.4 is 5.32 Å². The van der Waals surface area contributed by atoms with Gasteiger partial charge >= 0.3 is 0 Å². The molecule has 3 rings (SSSR count). The predicted octanol–water partition coefficient (Wildman–Crippen LogP) is 5.31. The number of benzene rings is 2. The van der Waals surface area contributed by atoms with Gasteiger partial charge in [-0.2, -0.15) is 0 Å².